The van der Waals surface area contributed by atoms with Crippen LogP contribution in [-0.4, -0.2) is 29.0 Å². The van der Waals surface area contributed by atoms with Gasteiger partial charge < -0.3 is 5.73 Å². The van der Waals surface area contributed by atoms with Gasteiger partial charge in [-0.15, -0.1) is 36.2 Å². The summed E-state index contributed by atoms with van der Waals surface area (Å²) in [5, 5.41) is 3.46. The second-order valence-corrected chi connectivity index (χ2v) is 5.21. The summed E-state index contributed by atoms with van der Waals surface area (Å²) in [7, 11) is 0. The molecule has 1 aromatic heterocycles. The predicted molar refractivity (Wildman–Crippen MR) is 78.5 cm³/mol. The van der Waals surface area contributed by atoms with Crippen LogP contribution in [0.15, 0.2) is 5.38 Å². The third-order valence-electron chi connectivity index (χ3n) is 2.76. The first-order valence-electron chi connectivity index (χ1n) is 5.69. The van der Waals surface area contributed by atoms with Crippen molar-refractivity contribution in [1.29, 1.82) is 0 Å². The average molecular weight is 298 g/mol. The summed E-state index contributed by atoms with van der Waals surface area (Å²) in [5.74, 6) is 0. The molecule has 100 valence electrons. The topological polar surface area (TPSA) is 42.2 Å². The van der Waals surface area contributed by atoms with Gasteiger partial charge in [0.25, 0.3) is 0 Å². The maximum atomic E-state index is 5.87. The molecule has 2 rings (SSSR count). The molecule has 0 saturated carbocycles. The number of halogens is 2. The van der Waals surface area contributed by atoms with Gasteiger partial charge in [-0.25, -0.2) is 4.98 Å². The number of hydrogen-bond acceptors (Lipinski definition) is 4. The van der Waals surface area contributed by atoms with E-state index in [0.29, 0.717) is 6.04 Å². The Morgan fingerprint density at radius 3 is 2.88 bits per heavy atom. The van der Waals surface area contributed by atoms with Gasteiger partial charge >= 0.3 is 0 Å². The Morgan fingerprint density at radius 1 is 1.53 bits per heavy atom. The Hall–Kier alpha value is 0.130. The van der Waals surface area contributed by atoms with Crippen molar-refractivity contribution in [2.24, 2.45) is 5.73 Å². The van der Waals surface area contributed by atoms with Crippen LogP contribution in [0.1, 0.15) is 30.5 Å². The molecule has 0 aromatic carbocycles. The van der Waals surface area contributed by atoms with Crippen molar-refractivity contribution in [2.45, 2.75) is 38.8 Å². The summed E-state index contributed by atoms with van der Waals surface area (Å²) in [6.07, 6.45) is 3.43. The van der Waals surface area contributed by atoms with E-state index in [2.05, 4.69) is 22.2 Å². The van der Waals surface area contributed by atoms with Gasteiger partial charge in [-0.3, -0.25) is 4.90 Å². The van der Waals surface area contributed by atoms with Gasteiger partial charge in [0, 0.05) is 31.1 Å². The Morgan fingerprint density at radius 2 is 2.29 bits per heavy atom. The van der Waals surface area contributed by atoms with Crippen molar-refractivity contribution >= 4 is 36.2 Å². The quantitative estimate of drug-likeness (QED) is 0.928. The molecule has 0 unspecified atom stereocenters. The summed E-state index contributed by atoms with van der Waals surface area (Å²) < 4.78 is 0. The first-order valence-corrected chi connectivity index (χ1v) is 6.57. The summed E-state index contributed by atoms with van der Waals surface area (Å²) >= 11 is 1.79. The molecule has 1 atom stereocenters. The van der Waals surface area contributed by atoms with Crippen LogP contribution in [-0.2, 0) is 13.0 Å². The van der Waals surface area contributed by atoms with Gasteiger partial charge in [-0.2, -0.15) is 0 Å². The molecular formula is C11H21Cl2N3S. The third kappa shape index (κ3) is 5.10. The Balaban J connectivity index is 0.00000128. The highest BCUT2D eigenvalue weighted by molar-refractivity contribution is 7.09. The van der Waals surface area contributed by atoms with E-state index < -0.39 is 0 Å². The van der Waals surface area contributed by atoms with Crippen molar-refractivity contribution in [3.8, 4) is 0 Å². The van der Waals surface area contributed by atoms with Crippen LogP contribution in [0, 0.1) is 0 Å². The van der Waals surface area contributed by atoms with Crippen LogP contribution in [0.3, 0.4) is 0 Å². The largest absolute Gasteiger partial charge is 0.326 e. The van der Waals surface area contributed by atoms with E-state index in [1.807, 2.05) is 0 Å². The SMILES string of the molecule is CCCc1nc(CN2CC[C@H](N)C2)cs1.Cl.Cl. The zero-order chi connectivity index (χ0) is 10.7. The first-order chi connectivity index (χ1) is 7.28. The van der Waals surface area contributed by atoms with Crippen molar-refractivity contribution in [2.75, 3.05) is 13.1 Å². The van der Waals surface area contributed by atoms with E-state index in [0.717, 1.165) is 32.5 Å². The van der Waals surface area contributed by atoms with Gasteiger partial charge in [0.1, 0.15) is 0 Å². The summed E-state index contributed by atoms with van der Waals surface area (Å²) in [5.41, 5.74) is 7.09. The lowest BCUT2D eigenvalue weighted by Crippen LogP contribution is -2.26. The number of nitrogens with two attached hydrogens (primary N) is 1. The normalized spacial score (nSPS) is 19.8. The summed E-state index contributed by atoms with van der Waals surface area (Å²) in [4.78, 5) is 7.02. The van der Waals surface area contributed by atoms with E-state index in [1.54, 1.807) is 11.3 Å². The molecule has 6 heteroatoms. The number of aryl methyl sites for hydroxylation is 1. The van der Waals surface area contributed by atoms with E-state index >= 15 is 0 Å². The van der Waals surface area contributed by atoms with E-state index in [1.165, 1.54) is 17.1 Å². The van der Waals surface area contributed by atoms with E-state index in [9.17, 15) is 0 Å². The van der Waals surface area contributed by atoms with Crippen LogP contribution in [0.2, 0.25) is 0 Å². The van der Waals surface area contributed by atoms with Crippen LogP contribution >= 0.6 is 36.2 Å². The lowest BCUT2D eigenvalue weighted by atomic mass is 10.3. The Bertz CT molecular complexity index is 319. The summed E-state index contributed by atoms with van der Waals surface area (Å²) in [6, 6.07) is 0.374. The minimum atomic E-state index is 0. The standard InChI is InChI=1S/C11H19N3S.2ClH/c1-2-3-11-13-10(8-15-11)7-14-5-4-9(12)6-14;;/h8-9H,2-7,12H2,1H3;2*1H/t9-;;/m0../s1. The zero-order valence-electron chi connectivity index (χ0n) is 10.1. The molecule has 1 aliphatic heterocycles. The molecule has 2 N–H and O–H groups in total. The highest BCUT2D eigenvalue weighted by Crippen LogP contribution is 2.16. The molecule has 0 spiro atoms. The second kappa shape index (κ2) is 8.27. The second-order valence-electron chi connectivity index (χ2n) is 4.27. The van der Waals surface area contributed by atoms with Crippen LogP contribution < -0.4 is 5.73 Å². The zero-order valence-corrected chi connectivity index (χ0v) is 12.5. The lowest BCUT2D eigenvalue weighted by molar-refractivity contribution is 0.323. The van der Waals surface area contributed by atoms with Gasteiger partial charge in [0.05, 0.1) is 10.7 Å². The molecule has 1 saturated heterocycles. The fourth-order valence-electron chi connectivity index (χ4n) is 1.99. The maximum absolute atomic E-state index is 5.87. The Kier molecular flexibility index (Phi) is 8.33. The molecule has 1 fully saturated rings. The summed E-state index contributed by atoms with van der Waals surface area (Å²) in [6.45, 7) is 5.33. The molecule has 3 nitrogen and oxygen atoms in total. The number of hydrogen-bond donors (Lipinski definition) is 1. The molecule has 1 aromatic rings. The highest BCUT2D eigenvalue weighted by Gasteiger charge is 2.19. The van der Waals surface area contributed by atoms with Gasteiger partial charge in [-0.1, -0.05) is 6.92 Å². The van der Waals surface area contributed by atoms with Gasteiger partial charge in [0.15, 0.2) is 0 Å². The maximum Gasteiger partial charge on any atom is 0.0928 e. The number of likely N-dealkylation sites (tertiary alicyclic amines) is 1. The molecule has 2 heterocycles. The van der Waals surface area contributed by atoms with Crippen molar-refractivity contribution in [3.05, 3.63) is 16.1 Å². The fourth-order valence-corrected chi connectivity index (χ4v) is 2.88. The fraction of sp³-hybridized carbons (Fsp3) is 0.727. The molecule has 0 amide bonds. The number of thiazole rings is 1. The molecule has 0 radical (unpaired) electrons. The molecule has 1 aliphatic rings. The molecular weight excluding hydrogens is 277 g/mol. The van der Waals surface area contributed by atoms with Crippen molar-refractivity contribution < 1.29 is 0 Å². The molecule has 0 bridgehead atoms. The molecule has 17 heavy (non-hydrogen) atoms. The molecule has 0 aliphatic carbocycles. The number of aromatic nitrogens is 1. The number of rotatable bonds is 4. The number of nitrogens with zero attached hydrogens (tertiary/aromatic N) is 2. The van der Waals surface area contributed by atoms with Crippen molar-refractivity contribution in [1.82, 2.24) is 9.88 Å². The van der Waals surface area contributed by atoms with Crippen LogP contribution in [0.5, 0.6) is 0 Å². The van der Waals surface area contributed by atoms with E-state index in [4.69, 9.17) is 5.73 Å². The lowest BCUT2D eigenvalue weighted by Gasteiger charge is -2.12. The third-order valence-corrected chi connectivity index (χ3v) is 3.72. The van der Waals surface area contributed by atoms with Crippen LogP contribution in [0.25, 0.3) is 0 Å². The van der Waals surface area contributed by atoms with Crippen molar-refractivity contribution in [3.63, 3.8) is 0 Å². The predicted octanol–water partition coefficient (Wildman–Crippen LogP) is 2.47. The average Bonchev–Trinajstić information content (AvgIpc) is 2.78. The monoisotopic (exact) mass is 297 g/mol. The minimum absolute atomic E-state index is 0. The van der Waals surface area contributed by atoms with Gasteiger partial charge in [0.2, 0.25) is 0 Å². The smallest absolute Gasteiger partial charge is 0.0928 e. The highest BCUT2D eigenvalue weighted by atomic mass is 35.5. The Labute approximate surface area is 120 Å². The first kappa shape index (κ1) is 17.1. The van der Waals surface area contributed by atoms with Gasteiger partial charge in [-0.05, 0) is 19.3 Å². The van der Waals surface area contributed by atoms with E-state index in [-0.39, 0.29) is 24.8 Å². The minimum Gasteiger partial charge on any atom is -0.326 e. The van der Waals surface area contributed by atoms with Crippen LogP contribution in [0.4, 0.5) is 0 Å².